The van der Waals surface area contributed by atoms with Gasteiger partial charge >= 0.3 is 6.03 Å². The second-order valence-corrected chi connectivity index (χ2v) is 9.43. The molecule has 0 heterocycles. The first kappa shape index (κ1) is 29.6. The zero-order valence-corrected chi connectivity index (χ0v) is 21.9. The van der Waals surface area contributed by atoms with Crippen molar-refractivity contribution < 1.29 is 24.9 Å². The fourth-order valence-corrected chi connectivity index (χ4v) is 4.21. The number of benzene rings is 3. The lowest BCUT2D eigenvalue weighted by molar-refractivity contribution is -0.135. The van der Waals surface area contributed by atoms with Crippen molar-refractivity contribution in [2.45, 2.75) is 38.0 Å². The molecule has 3 aromatic rings. The van der Waals surface area contributed by atoms with Gasteiger partial charge in [0.25, 0.3) is 0 Å². The van der Waals surface area contributed by atoms with Crippen LogP contribution in [0.25, 0.3) is 0 Å². The Morgan fingerprint density at radius 2 is 1.46 bits per heavy atom. The van der Waals surface area contributed by atoms with Gasteiger partial charge < -0.3 is 26.4 Å². The molecule has 3 atom stereocenters. The van der Waals surface area contributed by atoms with E-state index in [4.69, 9.17) is 5.73 Å². The summed E-state index contributed by atoms with van der Waals surface area (Å²) in [5, 5.41) is 34.0. The molecule has 3 unspecified atom stereocenters. The van der Waals surface area contributed by atoms with E-state index in [1.54, 1.807) is 12.1 Å². The van der Waals surface area contributed by atoms with E-state index >= 15 is 0 Å². The lowest BCUT2D eigenvalue weighted by Gasteiger charge is -2.27. The molecule has 3 aromatic carbocycles. The van der Waals surface area contributed by atoms with Gasteiger partial charge in [0.1, 0.15) is 5.75 Å². The van der Waals surface area contributed by atoms with Gasteiger partial charge in [-0.15, -0.1) is 0 Å². The molecule has 3 amide bonds. The van der Waals surface area contributed by atoms with E-state index in [9.17, 15) is 24.9 Å². The summed E-state index contributed by atoms with van der Waals surface area (Å²) >= 11 is 0. The number of hydrogen-bond acceptors (Lipinski definition) is 6. The predicted octanol–water partition coefficient (Wildman–Crippen LogP) is 3.16. The third kappa shape index (κ3) is 10.0. The highest BCUT2D eigenvalue weighted by molar-refractivity contribution is 5.95. The Bertz CT molecular complexity index is 1190. The molecular weight excluding hydrogens is 494 g/mol. The smallest absolute Gasteiger partial charge is 0.321 e. The first-order valence-corrected chi connectivity index (χ1v) is 13.0. The number of hydrogen-bond donors (Lipinski definition) is 5. The number of aliphatic hydroxyl groups is 2. The highest BCUT2D eigenvalue weighted by atomic mass is 16.3. The predicted molar refractivity (Wildman–Crippen MR) is 151 cm³/mol. The molecule has 0 fully saturated rings. The number of rotatable bonds is 14. The van der Waals surface area contributed by atoms with Crippen molar-refractivity contribution in [3.63, 3.8) is 0 Å². The normalized spacial score (nSPS) is 13.6. The number of amides is 3. The second kappa shape index (κ2) is 15.4. The van der Waals surface area contributed by atoms with Crippen LogP contribution in [0.5, 0.6) is 5.75 Å². The van der Waals surface area contributed by atoms with Crippen LogP contribution in [0.3, 0.4) is 0 Å². The average molecular weight is 532 g/mol. The van der Waals surface area contributed by atoms with E-state index in [-0.39, 0.29) is 18.7 Å². The van der Waals surface area contributed by atoms with Gasteiger partial charge in [-0.3, -0.25) is 9.69 Å². The lowest BCUT2D eigenvalue weighted by Crippen LogP contribution is -2.48. The van der Waals surface area contributed by atoms with E-state index in [0.29, 0.717) is 25.9 Å². The number of phenolic OH excluding ortho intramolecular Hbond substituents is 1. The van der Waals surface area contributed by atoms with Gasteiger partial charge in [-0.1, -0.05) is 84.9 Å². The zero-order valence-electron chi connectivity index (χ0n) is 21.9. The minimum absolute atomic E-state index is 0.0925. The summed E-state index contributed by atoms with van der Waals surface area (Å²) in [6.45, 7) is 1.19. The summed E-state index contributed by atoms with van der Waals surface area (Å²) in [5.74, 6) is -1.33. The van der Waals surface area contributed by atoms with E-state index in [0.717, 1.165) is 21.6 Å². The monoisotopic (exact) mass is 531 g/mol. The highest BCUT2D eigenvalue weighted by Crippen LogP contribution is 2.18. The molecule has 0 saturated heterocycles. The van der Waals surface area contributed by atoms with Crippen molar-refractivity contribution in [1.82, 2.24) is 10.2 Å². The highest BCUT2D eigenvalue weighted by Gasteiger charge is 2.32. The Hall–Kier alpha value is -3.98. The second-order valence-electron chi connectivity index (χ2n) is 9.43. The minimum Gasteiger partial charge on any atom is -0.508 e. The maximum Gasteiger partial charge on any atom is 0.321 e. The van der Waals surface area contributed by atoms with E-state index in [1.807, 2.05) is 72.8 Å². The average Bonchev–Trinajstić information content (AvgIpc) is 2.94. The van der Waals surface area contributed by atoms with Crippen LogP contribution in [-0.2, 0) is 24.2 Å². The maximum absolute atomic E-state index is 13.5. The number of carbonyl (C=O) groups is 2. The number of imide groups is 1. The number of aromatic hydroxyl groups is 1. The van der Waals surface area contributed by atoms with Gasteiger partial charge in [-0.25, -0.2) is 4.79 Å². The summed E-state index contributed by atoms with van der Waals surface area (Å²) in [5.41, 5.74) is 8.37. The van der Waals surface area contributed by atoms with Gasteiger partial charge in [-0.2, -0.15) is 0 Å². The van der Waals surface area contributed by atoms with E-state index < -0.39 is 30.1 Å². The number of nitrogens with two attached hydrogens (primary N) is 1. The molecular formula is C31H37N3O5. The molecule has 8 heteroatoms. The summed E-state index contributed by atoms with van der Waals surface area (Å²) in [4.78, 5) is 26.7. The van der Waals surface area contributed by atoms with Crippen LogP contribution < -0.4 is 11.1 Å². The largest absolute Gasteiger partial charge is 0.508 e. The number of aliphatic hydroxyl groups excluding tert-OH is 2. The Kier molecular flexibility index (Phi) is 11.7. The van der Waals surface area contributed by atoms with Crippen molar-refractivity contribution in [3.05, 3.63) is 114 Å². The summed E-state index contributed by atoms with van der Waals surface area (Å²) < 4.78 is 0. The Balaban J connectivity index is 1.62. The van der Waals surface area contributed by atoms with Crippen molar-refractivity contribution >= 4 is 11.9 Å². The van der Waals surface area contributed by atoms with Crippen molar-refractivity contribution in [2.75, 3.05) is 13.1 Å². The third-order valence-corrected chi connectivity index (χ3v) is 6.44. The quantitative estimate of drug-likeness (QED) is 0.160. The fraction of sp³-hybridized carbons (Fsp3) is 0.290. The van der Waals surface area contributed by atoms with Gasteiger partial charge in [0, 0.05) is 13.1 Å². The Labute approximate surface area is 229 Å². The molecule has 0 bridgehead atoms. The number of carbonyl (C=O) groups excluding carboxylic acids is 2. The van der Waals surface area contributed by atoms with Gasteiger partial charge in [-0.05, 0) is 54.6 Å². The number of nitrogens with one attached hydrogen (secondary N) is 1. The standard InChI is InChI=1S/C31H37N3O5/c32-31(39)34(20-18-23-7-3-1-4-8-23)30(38)28(21-24-9-5-2-6-10-24)29(37)16-15-27(36)17-19-33-22-25-11-13-26(35)14-12-25/h1-16,27-29,33,35-37H,17-22H2,(H2,32,39). The van der Waals surface area contributed by atoms with Crippen molar-refractivity contribution in [1.29, 1.82) is 0 Å². The van der Waals surface area contributed by atoms with Crippen LogP contribution in [0.2, 0.25) is 0 Å². The molecule has 0 saturated carbocycles. The summed E-state index contributed by atoms with van der Waals surface area (Å²) in [6.07, 6.45) is 1.83. The van der Waals surface area contributed by atoms with Crippen LogP contribution in [0.4, 0.5) is 4.79 Å². The number of phenols is 1. The molecule has 0 radical (unpaired) electrons. The summed E-state index contributed by atoms with van der Waals surface area (Å²) in [7, 11) is 0. The number of nitrogens with zero attached hydrogens (tertiary/aromatic N) is 1. The van der Waals surface area contributed by atoms with Gasteiger partial charge in [0.05, 0.1) is 18.1 Å². The Morgan fingerprint density at radius 3 is 2.08 bits per heavy atom. The van der Waals surface area contributed by atoms with Crippen LogP contribution >= 0.6 is 0 Å². The molecule has 206 valence electrons. The topological polar surface area (TPSA) is 136 Å². The van der Waals surface area contributed by atoms with E-state index in [1.165, 1.54) is 12.2 Å². The van der Waals surface area contributed by atoms with E-state index in [2.05, 4.69) is 5.32 Å². The molecule has 0 spiro atoms. The molecule has 39 heavy (non-hydrogen) atoms. The van der Waals surface area contributed by atoms with Crippen LogP contribution in [0.1, 0.15) is 23.1 Å². The number of urea groups is 1. The molecule has 0 aliphatic carbocycles. The first-order chi connectivity index (χ1) is 18.8. The molecule has 6 N–H and O–H groups in total. The lowest BCUT2D eigenvalue weighted by atomic mass is 9.91. The van der Waals surface area contributed by atoms with Crippen LogP contribution in [0, 0.1) is 5.92 Å². The van der Waals surface area contributed by atoms with Gasteiger partial charge in [0.15, 0.2) is 0 Å². The summed E-state index contributed by atoms with van der Waals surface area (Å²) in [6, 6.07) is 24.7. The fourth-order valence-electron chi connectivity index (χ4n) is 4.21. The van der Waals surface area contributed by atoms with Crippen molar-refractivity contribution in [3.8, 4) is 5.75 Å². The van der Waals surface area contributed by atoms with Crippen LogP contribution in [-0.4, -0.2) is 57.5 Å². The minimum atomic E-state index is -1.24. The number of primary amides is 1. The maximum atomic E-state index is 13.5. The SMILES string of the molecule is NC(=O)N(CCc1ccccc1)C(=O)C(Cc1ccccc1)C(O)C=CC(O)CCNCc1ccc(O)cc1. The molecule has 0 aromatic heterocycles. The van der Waals surface area contributed by atoms with Crippen molar-refractivity contribution in [2.24, 2.45) is 11.7 Å². The molecule has 0 aliphatic rings. The first-order valence-electron chi connectivity index (χ1n) is 13.0. The van der Waals surface area contributed by atoms with Gasteiger partial charge in [0.2, 0.25) is 5.91 Å². The van der Waals surface area contributed by atoms with Crippen LogP contribution in [0.15, 0.2) is 97.1 Å². The zero-order chi connectivity index (χ0) is 28.0. The molecule has 0 aliphatic heterocycles. The Morgan fingerprint density at radius 1 is 0.846 bits per heavy atom. The third-order valence-electron chi connectivity index (χ3n) is 6.44. The molecule has 8 nitrogen and oxygen atoms in total. The molecule has 3 rings (SSSR count).